The maximum absolute atomic E-state index is 10.8. The Morgan fingerprint density at radius 2 is 1.50 bits per heavy atom. The van der Waals surface area contributed by atoms with Crippen LogP contribution >= 0.6 is 0 Å². The van der Waals surface area contributed by atoms with Gasteiger partial charge in [0, 0.05) is 6.20 Å². The average molecular weight is 276 g/mol. The molecule has 1 rings (SSSR count). The zero-order valence-corrected chi connectivity index (χ0v) is 10.8. The number of hydrazine groups is 1. The third kappa shape index (κ3) is 7.83. The smallest absolute Gasteiger partial charge is 0.427 e. The van der Waals surface area contributed by atoms with Gasteiger partial charge in [-0.15, -0.1) is 4.99 Å². The van der Waals surface area contributed by atoms with Crippen LogP contribution in [0.4, 0.5) is 4.79 Å². The summed E-state index contributed by atoms with van der Waals surface area (Å²) >= 11 is 0. The largest absolute Gasteiger partial charge is 0.464 e. The Hall–Kier alpha value is -2.41. The molecule has 2 N–H and O–H groups in total. The molecule has 1 heterocycles. The van der Waals surface area contributed by atoms with Gasteiger partial charge >= 0.3 is 6.09 Å². The molecule has 106 valence electrons. The van der Waals surface area contributed by atoms with Crippen molar-refractivity contribution in [2.45, 2.75) is 0 Å². The van der Waals surface area contributed by atoms with Gasteiger partial charge in [0.15, 0.2) is 0 Å². The van der Waals surface area contributed by atoms with Crippen molar-refractivity contribution in [2.24, 2.45) is 0 Å². The van der Waals surface area contributed by atoms with Crippen LogP contribution in [0.2, 0.25) is 0 Å². The second-order valence-corrected chi connectivity index (χ2v) is 3.42. The Bertz CT molecular complexity index is 462. The van der Waals surface area contributed by atoms with Gasteiger partial charge in [-0.05, 0) is 6.08 Å². The summed E-state index contributed by atoms with van der Waals surface area (Å²) in [6.07, 6.45) is 19.7. The maximum Gasteiger partial charge on any atom is 0.427 e. The molecular formula is C14H16N2O4. The lowest BCUT2D eigenvalue weighted by atomic mass is 10.3. The fraction of sp³-hybridized carbons (Fsp3) is 0.0714. The highest BCUT2D eigenvalue weighted by Crippen LogP contribution is 1.91. The van der Waals surface area contributed by atoms with Gasteiger partial charge in [0.2, 0.25) is 0 Å². The SMILES string of the molecule is O=C(O)N1\C=C/C=C/C=C/C=C\C=C\C=C\COON1. The van der Waals surface area contributed by atoms with Crippen molar-refractivity contribution in [3.63, 3.8) is 0 Å². The third-order valence-electron chi connectivity index (χ3n) is 1.94. The number of carbonyl (C=O) groups is 1. The van der Waals surface area contributed by atoms with E-state index < -0.39 is 6.09 Å². The average Bonchev–Trinajstić information content (AvgIpc) is 2.43. The molecule has 0 aromatic carbocycles. The summed E-state index contributed by atoms with van der Waals surface area (Å²) in [5.41, 5.74) is 2.12. The van der Waals surface area contributed by atoms with Gasteiger partial charge in [-0.2, -0.15) is 5.01 Å². The molecule has 0 radical (unpaired) electrons. The lowest BCUT2D eigenvalue weighted by Gasteiger charge is -2.13. The molecule has 20 heavy (non-hydrogen) atoms. The summed E-state index contributed by atoms with van der Waals surface area (Å²) in [6.45, 7) is 0.179. The topological polar surface area (TPSA) is 71.0 Å². The van der Waals surface area contributed by atoms with Crippen molar-refractivity contribution >= 4 is 6.09 Å². The Balaban J connectivity index is 2.66. The predicted molar refractivity (Wildman–Crippen MR) is 74.9 cm³/mol. The van der Waals surface area contributed by atoms with Gasteiger partial charge in [0.25, 0.3) is 0 Å². The molecular weight excluding hydrogens is 260 g/mol. The first kappa shape index (κ1) is 15.6. The van der Waals surface area contributed by atoms with Crippen LogP contribution in [0, 0.1) is 0 Å². The normalized spacial score (nSPS) is 26.9. The van der Waals surface area contributed by atoms with E-state index in [1.54, 1.807) is 24.3 Å². The van der Waals surface area contributed by atoms with Crippen molar-refractivity contribution in [1.29, 1.82) is 0 Å². The molecule has 6 heteroatoms. The Labute approximate surface area is 117 Å². The highest BCUT2D eigenvalue weighted by molar-refractivity contribution is 5.65. The number of nitrogens with one attached hydrogen (secondary N) is 1. The molecule has 6 nitrogen and oxygen atoms in total. The Morgan fingerprint density at radius 1 is 0.950 bits per heavy atom. The number of allylic oxidation sites excluding steroid dienone is 10. The van der Waals surface area contributed by atoms with Gasteiger partial charge in [0.05, 0.1) is 0 Å². The van der Waals surface area contributed by atoms with Crippen LogP contribution in [0.3, 0.4) is 0 Å². The van der Waals surface area contributed by atoms with Crippen LogP contribution in [0.15, 0.2) is 73.0 Å². The molecule has 0 fully saturated rings. The van der Waals surface area contributed by atoms with Crippen molar-refractivity contribution in [3.05, 3.63) is 73.0 Å². The van der Waals surface area contributed by atoms with Crippen LogP contribution in [-0.2, 0) is 9.88 Å². The fourth-order valence-corrected chi connectivity index (χ4v) is 1.06. The predicted octanol–water partition coefficient (Wildman–Crippen LogP) is 2.64. The second kappa shape index (κ2) is 10.5. The number of rotatable bonds is 0. The third-order valence-corrected chi connectivity index (χ3v) is 1.94. The molecule has 0 saturated heterocycles. The Morgan fingerprint density at radius 3 is 2.10 bits per heavy atom. The summed E-state index contributed by atoms with van der Waals surface area (Å²) < 4.78 is 0. The lowest BCUT2D eigenvalue weighted by molar-refractivity contribution is -0.353. The van der Waals surface area contributed by atoms with Crippen molar-refractivity contribution < 1.29 is 19.8 Å². The van der Waals surface area contributed by atoms with E-state index in [9.17, 15) is 4.79 Å². The first-order valence-corrected chi connectivity index (χ1v) is 5.87. The molecule has 0 aliphatic carbocycles. The number of nitrogens with zero attached hydrogens (tertiary/aromatic N) is 1. The minimum atomic E-state index is -1.23. The number of hydrogen-bond donors (Lipinski definition) is 2. The summed E-state index contributed by atoms with van der Waals surface area (Å²) in [4.78, 5) is 20.1. The Kier molecular flexibility index (Phi) is 8.22. The highest BCUT2D eigenvalue weighted by atomic mass is 17.3. The molecule has 0 bridgehead atoms. The molecule has 0 aromatic rings. The van der Waals surface area contributed by atoms with Gasteiger partial charge in [-0.3, -0.25) is 0 Å². The minimum Gasteiger partial charge on any atom is -0.464 e. The summed E-state index contributed by atoms with van der Waals surface area (Å²) in [5.74, 6) is 0. The monoisotopic (exact) mass is 276 g/mol. The van der Waals surface area contributed by atoms with Crippen LogP contribution in [0.1, 0.15) is 0 Å². The molecule has 1 amide bonds. The van der Waals surface area contributed by atoms with Crippen LogP contribution in [-0.4, -0.2) is 22.8 Å². The van der Waals surface area contributed by atoms with E-state index in [0.717, 1.165) is 5.01 Å². The molecule has 0 aromatic heterocycles. The molecule has 0 unspecified atom stereocenters. The number of carboxylic acid groups (broad SMARTS) is 1. The molecule has 0 saturated carbocycles. The van der Waals surface area contributed by atoms with E-state index >= 15 is 0 Å². The highest BCUT2D eigenvalue weighted by Gasteiger charge is 2.06. The van der Waals surface area contributed by atoms with E-state index in [0.29, 0.717) is 0 Å². The van der Waals surface area contributed by atoms with E-state index in [1.165, 1.54) is 12.3 Å². The molecule has 1 aliphatic heterocycles. The zero-order chi connectivity index (χ0) is 14.5. The van der Waals surface area contributed by atoms with Crippen LogP contribution in [0.25, 0.3) is 0 Å². The maximum atomic E-state index is 10.8. The number of amides is 1. The minimum absolute atomic E-state index is 0.179. The molecule has 0 spiro atoms. The zero-order valence-electron chi connectivity index (χ0n) is 10.8. The van der Waals surface area contributed by atoms with Crippen molar-refractivity contribution in [1.82, 2.24) is 10.6 Å². The van der Waals surface area contributed by atoms with Gasteiger partial charge in [-0.25, -0.2) is 9.68 Å². The molecule has 1 aliphatic rings. The lowest BCUT2D eigenvalue weighted by Crippen LogP contribution is -2.37. The van der Waals surface area contributed by atoms with Crippen molar-refractivity contribution in [2.75, 3.05) is 6.61 Å². The van der Waals surface area contributed by atoms with Crippen LogP contribution in [0.5, 0.6) is 0 Å². The quantitative estimate of drug-likeness (QED) is 0.665. The van der Waals surface area contributed by atoms with E-state index in [4.69, 9.17) is 9.99 Å². The summed E-state index contributed by atoms with van der Waals surface area (Å²) in [7, 11) is 0. The fourth-order valence-electron chi connectivity index (χ4n) is 1.06. The van der Waals surface area contributed by atoms with Gasteiger partial charge in [0.1, 0.15) is 6.61 Å². The number of hydrogen-bond acceptors (Lipinski definition) is 4. The van der Waals surface area contributed by atoms with E-state index in [-0.39, 0.29) is 6.61 Å². The summed E-state index contributed by atoms with van der Waals surface area (Å²) in [6, 6.07) is 0. The molecule has 0 atom stereocenters. The summed E-state index contributed by atoms with van der Waals surface area (Å²) in [5, 5.41) is 9.59. The second-order valence-electron chi connectivity index (χ2n) is 3.42. The standard InChI is InChI=1S/C14H16N2O4/c17-14(18)16-12-10-8-6-4-2-1-3-5-7-9-11-13-19-20-15-16/h1-12,15H,13H2,(H,17,18)/b3-1-,4-2+,7-5+,8-6+,11-9+,12-10-. The van der Waals surface area contributed by atoms with Crippen LogP contribution < -0.4 is 5.59 Å². The van der Waals surface area contributed by atoms with Gasteiger partial charge in [-0.1, -0.05) is 66.3 Å². The van der Waals surface area contributed by atoms with E-state index in [2.05, 4.69) is 10.6 Å². The first-order valence-electron chi connectivity index (χ1n) is 5.87. The van der Waals surface area contributed by atoms with Gasteiger partial charge < -0.3 is 5.11 Å². The van der Waals surface area contributed by atoms with Crippen molar-refractivity contribution in [3.8, 4) is 0 Å². The first-order chi connectivity index (χ1) is 9.80. The van der Waals surface area contributed by atoms with E-state index in [1.807, 2.05) is 36.5 Å².